The van der Waals surface area contributed by atoms with Crippen LogP contribution in [-0.2, 0) is 4.79 Å². The first-order valence-electron chi connectivity index (χ1n) is 3.83. The molecule has 0 unspecified atom stereocenters. The number of benzene rings is 1. The zero-order valence-corrected chi connectivity index (χ0v) is 7.08. The van der Waals surface area contributed by atoms with Gasteiger partial charge in [0.1, 0.15) is 0 Å². The van der Waals surface area contributed by atoms with E-state index in [0.717, 1.165) is 6.07 Å². The molecule has 1 aromatic carbocycles. The van der Waals surface area contributed by atoms with Crippen molar-refractivity contribution in [2.75, 3.05) is 0 Å². The summed E-state index contributed by atoms with van der Waals surface area (Å²) < 4.78 is 17.5. The Morgan fingerprint density at radius 2 is 2.31 bits per heavy atom. The van der Waals surface area contributed by atoms with Gasteiger partial charge >= 0.3 is 5.97 Å². The van der Waals surface area contributed by atoms with Crippen molar-refractivity contribution < 1.29 is 19.0 Å². The normalized spacial score (nSPS) is 9.69. The zero-order chi connectivity index (χ0) is 9.84. The van der Waals surface area contributed by atoms with Crippen molar-refractivity contribution in [3.8, 4) is 11.5 Å². The molecule has 0 aromatic heterocycles. The Hall–Kier alpha value is -1.58. The number of halogens is 1. The molecule has 0 aliphatic heterocycles. The highest BCUT2D eigenvalue weighted by Crippen LogP contribution is 2.28. The van der Waals surface area contributed by atoms with Crippen LogP contribution < -0.4 is 4.74 Å². The van der Waals surface area contributed by atoms with Crippen molar-refractivity contribution in [2.24, 2.45) is 0 Å². The van der Waals surface area contributed by atoms with E-state index in [1.807, 2.05) is 0 Å². The van der Waals surface area contributed by atoms with Crippen molar-refractivity contribution in [3.05, 3.63) is 24.0 Å². The van der Waals surface area contributed by atoms with Crippen LogP contribution in [0.4, 0.5) is 4.39 Å². The molecule has 3 nitrogen and oxygen atoms in total. The van der Waals surface area contributed by atoms with Crippen LogP contribution in [0.1, 0.15) is 13.3 Å². The van der Waals surface area contributed by atoms with Crippen LogP contribution in [-0.4, -0.2) is 11.1 Å². The molecular formula is C9H9FO3. The predicted octanol–water partition coefficient (Wildman–Crippen LogP) is 1.85. The van der Waals surface area contributed by atoms with Gasteiger partial charge in [0.2, 0.25) is 5.75 Å². The highest BCUT2D eigenvalue weighted by Gasteiger charge is 2.11. The molecule has 0 amide bonds. The number of para-hydroxylation sites is 1. The number of ether oxygens (including phenoxy) is 1. The fourth-order valence-electron chi connectivity index (χ4n) is 0.785. The molecule has 13 heavy (non-hydrogen) atoms. The molecule has 0 saturated heterocycles. The molecule has 0 bridgehead atoms. The molecule has 0 aliphatic carbocycles. The maximum atomic E-state index is 12.9. The average molecular weight is 184 g/mol. The Morgan fingerprint density at radius 1 is 1.62 bits per heavy atom. The second-order valence-electron chi connectivity index (χ2n) is 2.42. The molecule has 0 radical (unpaired) electrons. The maximum absolute atomic E-state index is 12.9. The average Bonchev–Trinajstić information content (AvgIpc) is 2.11. The quantitative estimate of drug-likeness (QED) is 0.563. The highest BCUT2D eigenvalue weighted by atomic mass is 19.1. The number of phenols is 1. The Balaban J connectivity index is 2.93. The van der Waals surface area contributed by atoms with Gasteiger partial charge in [-0.3, -0.25) is 4.79 Å². The van der Waals surface area contributed by atoms with Gasteiger partial charge in [0.05, 0.1) is 0 Å². The minimum Gasteiger partial charge on any atom is -0.504 e. The number of rotatable bonds is 2. The van der Waals surface area contributed by atoms with E-state index in [-0.39, 0.29) is 12.2 Å². The fourth-order valence-corrected chi connectivity index (χ4v) is 0.785. The second kappa shape index (κ2) is 3.89. The monoisotopic (exact) mass is 184 g/mol. The summed E-state index contributed by atoms with van der Waals surface area (Å²) in [6, 6.07) is 3.69. The smallest absolute Gasteiger partial charge is 0.311 e. The number of carbonyl (C=O) groups excluding carboxylic acids is 1. The number of aromatic hydroxyl groups is 1. The van der Waals surface area contributed by atoms with Gasteiger partial charge in [0.15, 0.2) is 11.6 Å². The molecule has 70 valence electrons. The molecular weight excluding hydrogens is 175 g/mol. The largest absolute Gasteiger partial charge is 0.504 e. The lowest BCUT2D eigenvalue weighted by atomic mass is 10.3. The second-order valence-corrected chi connectivity index (χ2v) is 2.42. The molecule has 0 saturated carbocycles. The lowest BCUT2D eigenvalue weighted by molar-refractivity contribution is -0.134. The molecule has 0 aliphatic rings. The van der Waals surface area contributed by atoms with E-state index in [4.69, 9.17) is 5.11 Å². The number of phenolic OH excluding ortho intramolecular Hbond substituents is 1. The van der Waals surface area contributed by atoms with Crippen LogP contribution in [0.15, 0.2) is 18.2 Å². The van der Waals surface area contributed by atoms with E-state index in [0.29, 0.717) is 0 Å². The summed E-state index contributed by atoms with van der Waals surface area (Å²) in [5.74, 6) is -2.11. The summed E-state index contributed by atoms with van der Waals surface area (Å²) in [4.78, 5) is 10.8. The van der Waals surface area contributed by atoms with Gasteiger partial charge in [-0.2, -0.15) is 0 Å². The molecule has 1 rings (SSSR count). The van der Waals surface area contributed by atoms with Crippen molar-refractivity contribution >= 4 is 5.97 Å². The van der Waals surface area contributed by atoms with Crippen LogP contribution in [0.5, 0.6) is 11.5 Å². The number of esters is 1. The summed E-state index contributed by atoms with van der Waals surface area (Å²) in [6.07, 6.45) is 0.133. The van der Waals surface area contributed by atoms with Crippen molar-refractivity contribution in [1.82, 2.24) is 0 Å². The number of hydrogen-bond acceptors (Lipinski definition) is 3. The van der Waals surface area contributed by atoms with Crippen LogP contribution in [0, 0.1) is 5.82 Å². The third kappa shape index (κ3) is 2.18. The first kappa shape index (κ1) is 9.51. The van der Waals surface area contributed by atoms with Gasteiger partial charge in [-0.05, 0) is 12.1 Å². The third-order valence-corrected chi connectivity index (χ3v) is 1.45. The SMILES string of the molecule is CCC(=O)Oc1c(O)cccc1F. The lowest BCUT2D eigenvalue weighted by Gasteiger charge is -2.05. The number of carbonyl (C=O) groups is 1. The summed E-state index contributed by atoms with van der Waals surface area (Å²) in [5.41, 5.74) is 0. The van der Waals surface area contributed by atoms with Crippen LogP contribution in [0.2, 0.25) is 0 Å². The Labute approximate surface area is 74.8 Å². The highest BCUT2D eigenvalue weighted by molar-refractivity contribution is 5.72. The van der Waals surface area contributed by atoms with Crippen LogP contribution >= 0.6 is 0 Å². The van der Waals surface area contributed by atoms with Gasteiger partial charge < -0.3 is 9.84 Å². The van der Waals surface area contributed by atoms with Crippen LogP contribution in [0.25, 0.3) is 0 Å². The Kier molecular flexibility index (Phi) is 2.84. The Morgan fingerprint density at radius 3 is 2.85 bits per heavy atom. The lowest BCUT2D eigenvalue weighted by Crippen LogP contribution is -2.06. The van der Waals surface area contributed by atoms with Crippen molar-refractivity contribution in [2.45, 2.75) is 13.3 Å². The first-order chi connectivity index (χ1) is 6.15. The molecule has 4 heteroatoms. The van der Waals surface area contributed by atoms with Gasteiger partial charge in [-0.25, -0.2) is 4.39 Å². The van der Waals surface area contributed by atoms with E-state index in [2.05, 4.69) is 4.74 Å². The fraction of sp³-hybridized carbons (Fsp3) is 0.222. The number of hydrogen-bond donors (Lipinski definition) is 1. The maximum Gasteiger partial charge on any atom is 0.311 e. The summed E-state index contributed by atoms with van der Waals surface area (Å²) in [6.45, 7) is 1.58. The zero-order valence-electron chi connectivity index (χ0n) is 7.08. The molecule has 0 heterocycles. The summed E-state index contributed by atoms with van der Waals surface area (Å²) >= 11 is 0. The Bertz CT molecular complexity index is 302. The predicted molar refractivity (Wildman–Crippen MR) is 44.0 cm³/mol. The molecule has 1 aromatic rings. The minimum atomic E-state index is -0.748. The van der Waals surface area contributed by atoms with Gasteiger partial charge in [0, 0.05) is 6.42 Å². The van der Waals surface area contributed by atoms with E-state index in [1.54, 1.807) is 6.92 Å². The minimum absolute atomic E-state index is 0.133. The molecule has 0 spiro atoms. The first-order valence-corrected chi connectivity index (χ1v) is 3.83. The van der Waals surface area contributed by atoms with E-state index >= 15 is 0 Å². The summed E-state index contributed by atoms with van der Waals surface area (Å²) in [5, 5.41) is 9.12. The molecule has 1 N–H and O–H groups in total. The molecule has 0 atom stereocenters. The van der Waals surface area contributed by atoms with E-state index in [9.17, 15) is 9.18 Å². The summed E-state index contributed by atoms with van der Waals surface area (Å²) in [7, 11) is 0. The van der Waals surface area contributed by atoms with Gasteiger partial charge in [-0.1, -0.05) is 13.0 Å². The van der Waals surface area contributed by atoms with Gasteiger partial charge in [0.25, 0.3) is 0 Å². The molecule has 0 fully saturated rings. The topological polar surface area (TPSA) is 46.5 Å². The third-order valence-electron chi connectivity index (χ3n) is 1.45. The van der Waals surface area contributed by atoms with E-state index < -0.39 is 17.5 Å². The van der Waals surface area contributed by atoms with Crippen molar-refractivity contribution in [3.63, 3.8) is 0 Å². The van der Waals surface area contributed by atoms with Crippen molar-refractivity contribution in [1.29, 1.82) is 0 Å². The van der Waals surface area contributed by atoms with Crippen LogP contribution in [0.3, 0.4) is 0 Å². The van der Waals surface area contributed by atoms with Gasteiger partial charge in [-0.15, -0.1) is 0 Å². The standard InChI is InChI=1S/C9H9FO3/c1-2-8(12)13-9-6(10)4-3-5-7(9)11/h3-5,11H,2H2,1H3. The van der Waals surface area contributed by atoms with E-state index in [1.165, 1.54) is 12.1 Å².